The Kier molecular flexibility index (Phi) is 10.3. The van der Waals surface area contributed by atoms with Crippen molar-refractivity contribution >= 4 is 11.8 Å². The molecule has 29 heavy (non-hydrogen) atoms. The van der Waals surface area contributed by atoms with Gasteiger partial charge in [-0.3, -0.25) is 4.79 Å². The number of nitrogens with zero attached hydrogens (tertiary/aromatic N) is 1. The molecule has 1 N–H and O–H groups in total. The lowest BCUT2D eigenvalue weighted by Gasteiger charge is -2.18. The molecule has 2 aromatic rings. The van der Waals surface area contributed by atoms with Gasteiger partial charge in [-0.1, -0.05) is 53.3 Å². The first-order valence-corrected chi connectivity index (χ1v) is 11.7. The predicted molar refractivity (Wildman–Crippen MR) is 125 cm³/mol. The highest BCUT2D eigenvalue weighted by atomic mass is 32.2. The van der Waals surface area contributed by atoms with Crippen molar-refractivity contribution in [2.24, 2.45) is 5.92 Å². The monoisotopic (exact) mass is 412 g/mol. The van der Waals surface area contributed by atoms with Gasteiger partial charge in [0, 0.05) is 21.0 Å². The molecular formula is C25H36N2OS. The molecular weight excluding hydrogens is 376 g/mol. The summed E-state index contributed by atoms with van der Waals surface area (Å²) >= 11 is 1.64. The van der Waals surface area contributed by atoms with E-state index in [-0.39, 0.29) is 11.5 Å². The topological polar surface area (TPSA) is 56.6 Å². The summed E-state index contributed by atoms with van der Waals surface area (Å²) in [5.41, 5.74) is 4.87. The molecule has 1 aromatic heterocycles. The maximum absolute atomic E-state index is 12.6. The van der Waals surface area contributed by atoms with Gasteiger partial charge in [-0.25, -0.2) is 0 Å². The Balaban J connectivity index is 0.000000989. The quantitative estimate of drug-likeness (QED) is 0.567. The fourth-order valence-electron chi connectivity index (χ4n) is 3.24. The summed E-state index contributed by atoms with van der Waals surface area (Å²) in [5, 5.41) is 9.25. The third-order valence-electron chi connectivity index (χ3n) is 4.68. The van der Waals surface area contributed by atoms with Crippen LogP contribution in [-0.2, 0) is 6.42 Å². The first kappa shape index (κ1) is 25.0. The van der Waals surface area contributed by atoms with Crippen LogP contribution in [0.5, 0.6) is 0 Å². The Morgan fingerprint density at radius 2 is 1.76 bits per heavy atom. The molecule has 0 saturated heterocycles. The zero-order valence-corrected chi connectivity index (χ0v) is 20.1. The molecule has 0 spiro atoms. The van der Waals surface area contributed by atoms with Gasteiger partial charge in [-0.2, -0.15) is 5.26 Å². The average molecular weight is 413 g/mol. The highest BCUT2D eigenvalue weighted by Crippen LogP contribution is 2.41. The summed E-state index contributed by atoms with van der Waals surface area (Å²) in [7, 11) is 0. The van der Waals surface area contributed by atoms with Crippen molar-refractivity contribution in [2.45, 2.75) is 90.4 Å². The molecule has 0 atom stereocenters. The number of benzene rings is 1. The van der Waals surface area contributed by atoms with Crippen LogP contribution in [0.25, 0.3) is 0 Å². The van der Waals surface area contributed by atoms with Crippen molar-refractivity contribution in [3.05, 3.63) is 56.5 Å². The molecule has 158 valence electrons. The molecule has 4 heteroatoms. The third-order valence-corrected chi connectivity index (χ3v) is 5.83. The highest BCUT2D eigenvalue weighted by Gasteiger charge is 2.26. The minimum absolute atomic E-state index is 0.0164. The SMILES string of the molecule is CC.CC.Cc1cc(C#N)cc(Sc2c(CC3CC3)c(C)[nH]c(=O)c2C(C)C)c1. The zero-order valence-electron chi connectivity index (χ0n) is 19.3. The van der Waals surface area contributed by atoms with Crippen molar-refractivity contribution < 1.29 is 0 Å². The van der Waals surface area contributed by atoms with Crippen LogP contribution in [0.15, 0.2) is 32.8 Å². The first-order chi connectivity index (χ1) is 13.9. The normalized spacial score (nSPS) is 12.4. The highest BCUT2D eigenvalue weighted by molar-refractivity contribution is 7.99. The zero-order chi connectivity index (χ0) is 22.1. The molecule has 3 nitrogen and oxygen atoms in total. The van der Waals surface area contributed by atoms with Crippen molar-refractivity contribution in [2.75, 3.05) is 0 Å². The van der Waals surface area contributed by atoms with E-state index in [2.05, 4.69) is 31.0 Å². The van der Waals surface area contributed by atoms with Gasteiger partial charge in [0.25, 0.3) is 5.56 Å². The second-order valence-electron chi connectivity index (χ2n) is 7.35. The molecule has 1 saturated carbocycles. The number of hydrogen-bond donors (Lipinski definition) is 1. The van der Waals surface area contributed by atoms with E-state index in [1.54, 1.807) is 11.8 Å². The Morgan fingerprint density at radius 3 is 2.28 bits per heavy atom. The van der Waals surface area contributed by atoms with Crippen LogP contribution in [0.1, 0.15) is 88.2 Å². The number of H-pyrrole nitrogens is 1. The van der Waals surface area contributed by atoms with E-state index >= 15 is 0 Å². The molecule has 1 aromatic carbocycles. The standard InChI is InChI=1S/C21H24N2OS.2C2H6/c1-12(2)19-20(25-17-8-13(3)7-16(9-17)11-22)18(10-15-5-6-15)14(4)23-21(19)24;2*1-2/h7-9,12,15H,5-6,10H2,1-4H3,(H,23,24);2*1-2H3. The summed E-state index contributed by atoms with van der Waals surface area (Å²) in [6.45, 7) is 16.1. The van der Waals surface area contributed by atoms with Gasteiger partial charge in [-0.15, -0.1) is 0 Å². The summed E-state index contributed by atoms with van der Waals surface area (Å²) in [6.07, 6.45) is 3.59. The maximum Gasteiger partial charge on any atom is 0.252 e. The summed E-state index contributed by atoms with van der Waals surface area (Å²) in [5.74, 6) is 0.904. The summed E-state index contributed by atoms with van der Waals surface area (Å²) in [6, 6.07) is 8.13. The third kappa shape index (κ3) is 6.78. The van der Waals surface area contributed by atoms with Crippen molar-refractivity contribution in [3.63, 3.8) is 0 Å². The molecule has 0 bridgehead atoms. The van der Waals surface area contributed by atoms with Gasteiger partial charge < -0.3 is 4.98 Å². The summed E-state index contributed by atoms with van der Waals surface area (Å²) in [4.78, 5) is 17.8. The second-order valence-corrected chi connectivity index (χ2v) is 8.44. The van der Waals surface area contributed by atoms with Crippen LogP contribution in [0.2, 0.25) is 0 Å². The number of nitrogens with one attached hydrogen (secondary N) is 1. The molecule has 1 fully saturated rings. The van der Waals surface area contributed by atoms with Crippen LogP contribution in [0.4, 0.5) is 0 Å². The lowest BCUT2D eigenvalue weighted by molar-refractivity contribution is 0.755. The number of hydrogen-bond acceptors (Lipinski definition) is 3. The fraction of sp³-hybridized carbons (Fsp3) is 0.520. The Morgan fingerprint density at radius 1 is 1.14 bits per heavy atom. The molecule has 0 radical (unpaired) electrons. The van der Waals surface area contributed by atoms with Crippen molar-refractivity contribution in [1.82, 2.24) is 4.98 Å². The van der Waals surface area contributed by atoms with Gasteiger partial charge >= 0.3 is 0 Å². The van der Waals surface area contributed by atoms with Crippen LogP contribution >= 0.6 is 11.8 Å². The van der Waals surface area contributed by atoms with Crippen LogP contribution < -0.4 is 5.56 Å². The van der Waals surface area contributed by atoms with Gasteiger partial charge in [-0.05, 0) is 74.3 Å². The number of aromatic amines is 1. The van der Waals surface area contributed by atoms with Crippen molar-refractivity contribution in [1.29, 1.82) is 5.26 Å². The van der Waals surface area contributed by atoms with E-state index in [1.165, 1.54) is 18.4 Å². The molecule has 1 aliphatic carbocycles. The van der Waals surface area contributed by atoms with E-state index in [4.69, 9.17) is 0 Å². The molecule has 0 amide bonds. The number of nitriles is 1. The number of rotatable bonds is 5. The number of aromatic nitrogens is 1. The predicted octanol–water partition coefficient (Wildman–Crippen LogP) is 7.14. The summed E-state index contributed by atoms with van der Waals surface area (Å²) < 4.78 is 0. The molecule has 1 heterocycles. The number of aryl methyl sites for hydroxylation is 2. The average Bonchev–Trinajstić information content (AvgIpc) is 3.51. The minimum atomic E-state index is 0.0164. The van der Waals surface area contributed by atoms with Gasteiger partial charge in [0.2, 0.25) is 0 Å². The largest absolute Gasteiger partial charge is 0.326 e. The Hall–Kier alpha value is -1.99. The Bertz CT molecular complexity index is 902. The van der Waals surface area contributed by atoms with Gasteiger partial charge in [0.1, 0.15) is 0 Å². The van der Waals surface area contributed by atoms with Gasteiger partial charge in [0.05, 0.1) is 11.6 Å². The lowest BCUT2D eigenvalue weighted by atomic mass is 9.99. The van der Waals surface area contributed by atoms with E-state index < -0.39 is 0 Å². The molecule has 3 rings (SSSR count). The number of pyridine rings is 1. The van der Waals surface area contributed by atoms with Crippen LogP contribution in [0.3, 0.4) is 0 Å². The van der Waals surface area contributed by atoms with Crippen LogP contribution in [0, 0.1) is 31.1 Å². The fourth-order valence-corrected chi connectivity index (χ4v) is 4.70. The lowest BCUT2D eigenvalue weighted by Crippen LogP contribution is -2.19. The van der Waals surface area contributed by atoms with E-state index in [1.807, 2.05) is 53.7 Å². The molecule has 1 aliphatic rings. The first-order valence-electron chi connectivity index (χ1n) is 10.8. The maximum atomic E-state index is 12.6. The molecule has 0 aliphatic heterocycles. The van der Waals surface area contributed by atoms with Crippen molar-refractivity contribution in [3.8, 4) is 6.07 Å². The van der Waals surface area contributed by atoms with E-state index in [9.17, 15) is 10.1 Å². The van der Waals surface area contributed by atoms with E-state index in [0.29, 0.717) is 5.56 Å². The smallest absolute Gasteiger partial charge is 0.252 e. The second kappa shape index (κ2) is 11.9. The van der Waals surface area contributed by atoms with Crippen LogP contribution in [-0.4, -0.2) is 4.98 Å². The Labute approximate surface area is 181 Å². The molecule has 0 unspecified atom stereocenters. The van der Waals surface area contributed by atoms with Gasteiger partial charge in [0.15, 0.2) is 0 Å². The van der Waals surface area contributed by atoms with E-state index in [0.717, 1.165) is 39.0 Å². The minimum Gasteiger partial charge on any atom is -0.326 e.